The second-order valence-electron chi connectivity index (χ2n) is 6.47. The van der Waals surface area contributed by atoms with Crippen molar-refractivity contribution < 1.29 is 18.0 Å². The summed E-state index contributed by atoms with van der Waals surface area (Å²) in [7, 11) is 1.64. The van der Waals surface area contributed by atoms with Crippen LogP contribution in [0.1, 0.15) is 24.0 Å². The molecule has 0 bridgehead atoms. The van der Waals surface area contributed by atoms with Crippen molar-refractivity contribution in [1.29, 1.82) is 0 Å². The van der Waals surface area contributed by atoms with Crippen LogP contribution in [0.25, 0.3) is 0 Å². The van der Waals surface area contributed by atoms with Gasteiger partial charge in [0.25, 0.3) is 0 Å². The Morgan fingerprint density at radius 2 is 2.07 bits per heavy atom. The van der Waals surface area contributed by atoms with Crippen LogP contribution < -0.4 is 16.4 Å². The molecule has 0 unspecified atom stereocenters. The Morgan fingerprint density at radius 1 is 1.36 bits per heavy atom. The Hall–Kier alpha value is -2.73. The van der Waals surface area contributed by atoms with Gasteiger partial charge in [-0.3, -0.25) is 14.7 Å². The number of carbonyl (C=O) groups is 1. The largest absolute Gasteiger partial charge is 0.416 e. The van der Waals surface area contributed by atoms with Crippen molar-refractivity contribution in [2.45, 2.75) is 25.1 Å². The number of amides is 1. The molecule has 0 aromatic heterocycles. The fourth-order valence-electron chi connectivity index (χ4n) is 2.89. The molecular formula is C19H24F3N5O. The number of hydrogen-bond donors (Lipinski definition) is 3. The summed E-state index contributed by atoms with van der Waals surface area (Å²) in [5.74, 6) is 5.77. The van der Waals surface area contributed by atoms with Crippen LogP contribution in [0.4, 0.5) is 13.2 Å². The predicted molar refractivity (Wildman–Crippen MR) is 101 cm³/mol. The number of halogens is 3. The first-order valence-corrected chi connectivity index (χ1v) is 8.92. The summed E-state index contributed by atoms with van der Waals surface area (Å²) in [6.45, 7) is 2.06. The van der Waals surface area contributed by atoms with Crippen LogP contribution in [0.3, 0.4) is 0 Å². The van der Waals surface area contributed by atoms with E-state index in [1.165, 1.54) is 12.1 Å². The maximum absolute atomic E-state index is 12.7. The van der Waals surface area contributed by atoms with Crippen LogP contribution in [0, 0.1) is 11.8 Å². The second-order valence-corrected chi connectivity index (χ2v) is 6.47. The summed E-state index contributed by atoms with van der Waals surface area (Å²) >= 11 is 0. The van der Waals surface area contributed by atoms with Gasteiger partial charge in [0.1, 0.15) is 0 Å². The van der Waals surface area contributed by atoms with Crippen LogP contribution in [0.15, 0.2) is 29.3 Å². The number of aliphatic imine (C=N–C) groups is 1. The van der Waals surface area contributed by atoms with Crippen molar-refractivity contribution in [3.05, 3.63) is 35.4 Å². The predicted octanol–water partition coefficient (Wildman–Crippen LogP) is 1.17. The standard InChI is InChI=1S/C19H24F3N5O/c1-24-18(26-16-7-10-27(11-8-16)13-17(23)28)25-9-3-5-14-4-2-6-15(12-14)19(20,21)22/h2,4,6,12,16H,7-11,13H2,1H3,(H2,23,28)(H2,24,25,26). The van der Waals surface area contributed by atoms with Gasteiger partial charge in [-0.05, 0) is 31.0 Å². The van der Waals surface area contributed by atoms with Crippen LogP contribution in [0.5, 0.6) is 0 Å². The zero-order valence-electron chi connectivity index (χ0n) is 15.6. The van der Waals surface area contributed by atoms with E-state index in [4.69, 9.17) is 5.73 Å². The highest BCUT2D eigenvalue weighted by Gasteiger charge is 2.30. The summed E-state index contributed by atoms with van der Waals surface area (Å²) in [6.07, 6.45) is -2.68. The molecule has 0 radical (unpaired) electrons. The number of hydrogen-bond acceptors (Lipinski definition) is 3. The lowest BCUT2D eigenvalue weighted by Gasteiger charge is -2.32. The number of piperidine rings is 1. The Balaban J connectivity index is 1.80. The number of benzene rings is 1. The summed E-state index contributed by atoms with van der Waals surface area (Å²) in [5.41, 5.74) is 4.80. The maximum atomic E-state index is 12.7. The fraction of sp³-hybridized carbons (Fsp3) is 0.474. The molecule has 1 aromatic carbocycles. The van der Waals surface area contributed by atoms with Crippen molar-refractivity contribution in [3.8, 4) is 11.8 Å². The lowest BCUT2D eigenvalue weighted by atomic mass is 10.1. The Bertz CT molecular complexity index is 759. The van der Waals surface area contributed by atoms with E-state index >= 15 is 0 Å². The molecule has 9 heteroatoms. The number of carbonyl (C=O) groups excluding carboxylic acids is 1. The van der Waals surface area contributed by atoms with Gasteiger partial charge in [0, 0.05) is 31.7 Å². The first-order chi connectivity index (χ1) is 13.3. The van der Waals surface area contributed by atoms with Gasteiger partial charge in [0.2, 0.25) is 5.91 Å². The van der Waals surface area contributed by atoms with Gasteiger partial charge >= 0.3 is 6.18 Å². The molecule has 0 saturated carbocycles. The number of rotatable bonds is 4. The molecular weight excluding hydrogens is 371 g/mol. The molecule has 2 rings (SSSR count). The average Bonchev–Trinajstić information content (AvgIpc) is 2.65. The highest BCUT2D eigenvalue weighted by atomic mass is 19.4. The molecule has 0 atom stereocenters. The van der Waals surface area contributed by atoms with Gasteiger partial charge in [-0.25, -0.2) is 0 Å². The molecule has 6 nitrogen and oxygen atoms in total. The van der Waals surface area contributed by atoms with E-state index in [0.29, 0.717) is 11.5 Å². The van der Waals surface area contributed by atoms with Gasteiger partial charge in [-0.2, -0.15) is 13.2 Å². The number of likely N-dealkylation sites (tertiary alicyclic amines) is 1. The monoisotopic (exact) mass is 395 g/mol. The number of alkyl halides is 3. The van der Waals surface area contributed by atoms with Gasteiger partial charge < -0.3 is 16.4 Å². The van der Waals surface area contributed by atoms with E-state index in [9.17, 15) is 18.0 Å². The van der Waals surface area contributed by atoms with E-state index in [2.05, 4.69) is 27.5 Å². The summed E-state index contributed by atoms with van der Waals surface area (Å²) in [6, 6.07) is 5.14. The molecule has 1 amide bonds. The van der Waals surface area contributed by atoms with E-state index in [-0.39, 0.29) is 25.0 Å². The average molecular weight is 395 g/mol. The van der Waals surface area contributed by atoms with E-state index in [0.717, 1.165) is 38.1 Å². The molecule has 1 aromatic rings. The van der Waals surface area contributed by atoms with Gasteiger partial charge in [0.05, 0.1) is 18.7 Å². The molecule has 152 valence electrons. The topological polar surface area (TPSA) is 82.8 Å². The third-order valence-electron chi connectivity index (χ3n) is 4.30. The van der Waals surface area contributed by atoms with Crippen molar-refractivity contribution in [1.82, 2.24) is 15.5 Å². The zero-order valence-corrected chi connectivity index (χ0v) is 15.6. The van der Waals surface area contributed by atoms with Crippen molar-refractivity contribution in [2.24, 2.45) is 10.7 Å². The first-order valence-electron chi connectivity index (χ1n) is 8.92. The molecule has 1 aliphatic rings. The number of nitrogens with zero attached hydrogens (tertiary/aromatic N) is 2. The summed E-state index contributed by atoms with van der Waals surface area (Å²) < 4.78 is 38.1. The normalized spacial score (nSPS) is 16.2. The van der Waals surface area contributed by atoms with Gasteiger partial charge in [0.15, 0.2) is 5.96 Å². The third kappa shape index (κ3) is 7.12. The SMILES string of the molecule is CN=C(NCC#Cc1cccc(C(F)(F)F)c1)NC1CCN(CC(N)=O)CC1. The second kappa shape index (κ2) is 9.99. The Labute approximate surface area is 162 Å². The van der Waals surface area contributed by atoms with Crippen molar-refractivity contribution in [2.75, 3.05) is 33.2 Å². The minimum Gasteiger partial charge on any atom is -0.369 e. The van der Waals surface area contributed by atoms with Crippen LogP contribution in [-0.4, -0.2) is 56.0 Å². The van der Waals surface area contributed by atoms with Crippen LogP contribution in [0.2, 0.25) is 0 Å². The fourth-order valence-corrected chi connectivity index (χ4v) is 2.89. The highest BCUT2D eigenvalue weighted by molar-refractivity contribution is 5.80. The zero-order chi connectivity index (χ0) is 20.6. The number of primary amides is 1. The Kier molecular flexibility index (Phi) is 7.70. The molecule has 1 aliphatic heterocycles. The smallest absolute Gasteiger partial charge is 0.369 e. The van der Waals surface area contributed by atoms with Crippen LogP contribution >= 0.6 is 0 Å². The molecule has 1 fully saturated rings. The quantitative estimate of drug-likeness (QED) is 0.406. The molecule has 0 aliphatic carbocycles. The van der Waals surface area contributed by atoms with E-state index in [1.807, 2.05) is 4.90 Å². The molecule has 1 heterocycles. The van der Waals surface area contributed by atoms with E-state index < -0.39 is 11.7 Å². The molecule has 0 spiro atoms. The minimum absolute atomic E-state index is 0.215. The van der Waals surface area contributed by atoms with Crippen LogP contribution in [-0.2, 0) is 11.0 Å². The minimum atomic E-state index is -4.38. The van der Waals surface area contributed by atoms with Crippen molar-refractivity contribution >= 4 is 11.9 Å². The summed E-state index contributed by atoms with van der Waals surface area (Å²) in [5, 5.41) is 6.32. The molecule has 28 heavy (non-hydrogen) atoms. The first kappa shape index (κ1) is 21.6. The lowest BCUT2D eigenvalue weighted by Crippen LogP contribution is -2.49. The maximum Gasteiger partial charge on any atom is 0.416 e. The highest BCUT2D eigenvalue weighted by Crippen LogP contribution is 2.29. The number of nitrogens with one attached hydrogen (secondary N) is 2. The Morgan fingerprint density at radius 3 is 2.68 bits per heavy atom. The molecule has 4 N–H and O–H groups in total. The number of guanidine groups is 1. The number of nitrogens with two attached hydrogens (primary N) is 1. The van der Waals surface area contributed by atoms with E-state index in [1.54, 1.807) is 7.05 Å². The molecule has 1 saturated heterocycles. The van der Waals surface area contributed by atoms with Crippen molar-refractivity contribution in [3.63, 3.8) is 0 Å². The summed E-state index contributed by atoms with van der Waals surface area (Å²) in [4.78, 5) is 17.1. The van der Waals surface area contributed by atoms with Gasteiger partial charge in [-0.1, -0.05) is 17.9 Å². The van der Waals surface area contributed by atoms with Gasteiger partial charge in [-0.15, -0.1) is 0 Å². The lowest BCUT2D eigenvalue weighted by molar-refractivity contribution is -0.137. The third-order valence-corrected chi connectivity index (χ3v) is 4.30.